The van der Waals surface area contributed by atoms with E-state index in [1.807, 2.05) is 29.8 Å². The van der Waals surface area contributed by atoms with E-state index in [4.69, 9.17) is 32.7 Å². The van der Waals surface area contributed by atoms with E-state index in [2.05, 4.69) is 21.7 Å². The van der Waals surface area contributed by atoms with Gasteiger partial charge in [-0.25, -0.2) is 0 Å². The first kappa shape index (κ1) is 24.7. The Morgan fingerprint density at radius 3 is 2.39 bits per heavy atom. The predicted molar refractivity (Wildman–Crippen MR) is 127 cm³/mol. The molecule has 0 radical (unpaired) electrons. The van der Waals surface area contributed by atoms with E-state index >= 15 is 0 Å². The molecule has 28 heavy (non-hydrogen) atoms. The van der Waals surface area contributed by atoms with Crippen LogP contribution in [0.15, 0.2) is 29.3 Å². The Labute approximate surface area is 193 Å². The summed E-state index contributed by atoms with van der Waals surface area (Å²) in [6.07, 6.45) is 1.88. The summed E-state index contributed by atoms with van der Waals surface area (Å²) in [4.78, 5) is 4.24. The number of nitrogens with zero attached hydrogens (tertiary/aromatic N) is 2. The first-order valence-electron chi connectivity index (χ1n) is 8.65. The summed E-state index contributed by atoms with van der Waals surface area (Å²) in [7, 11) is 6.91. The van der Waals surface area contributed by atoms with Crippen LogP contribution in [-0.4, -0.2) is 38.3 Å². The van der Waals surface area contributed by atoms with E-state index in [0.717, 1.165) is 42.5 Å². The molecule has 0 aliphatic heterocycles. The number of rotatable bonds is 8. The highest BCUT2D eigenvalue weighted by molar-refractivity contribution is 14.0. The molecule has 2 rings (SSSR count). The topological polar surface area (TPSA) is 59.8 Å². The van der Waals surface area contributed by atoms with Gasteiger partial charge in [-0.1, -0.05) is 29.3 Å². The van der Waals surface area contributed by atoms with Gasteiger partial charge in [0.1, 0.15) is 5.15 Å². The van der Waals surface area contributed by atoms with Crippen molar-refractivity contribution in [3.05, 3.63) is 45.7 Å². The maximum atomic E-state index is 6.09. The molecule has 0 saturated carbocycles. The molecule has 2 aromatic rings. The zero-order valence-electron chi connectivity index (χ0n) is 16.5. The molecule has 0 fully saturated rings. The molecule has 2 N–H and O–H groups in total. The van der Waals surface area contributed by atoms with Crippen molar-refractivity contribution < 1.29 is 9.47 Å². The predicted octanol–water partition coefficient (Wildman–Crippen LogP) is 4.26. The fourth-order valence-electron chi connectivity index (χ4n) is 2.69. The van der Waals surface area contributed by atoms with Crippen LogP contribution in [0.25, 0.3) is 0 Å². The highest BCUT2D eigenvalue weighted by Crippen LogP contribution is 2.28. The Balaban J connectivity index is 0.00000392. The molecule has 0 atom stereocenters. The molecule has 0 aliphatic carbocycles. The third-order valence-corrected chi connectivity index (χ3v) is 5.10. The fraction of sp³-hybridized carbons (Fsp3) is 0.421. The molecule has 1 aromatic heterocycles. The number of methoxy groups -OCH3 is 2. The third kappa shape index (κ3) is 6.63. The van der Waals surface area contributed by atoms with E-state index in [9.17, 15) is 0 Å². The molecule has 156 valence electrons. The number of aliphatic imine (C=N–C) groups is 1. The molecular weight excluding hydrogens is 514 g/mol. The van der Waals surface area contributed by atoms with E-state index in [-0.39, 0.29) is 24.0 Å². The molecule has 0 bridgehead atoms. The van der Waals surface area contributed by atoms with Gasteiger partial charge >= 0.3 is 0 Å². The average molecular weight is 541 g/mol. The first-order valence-corrected chi connectivity index (χ1v) is 9.40. The molecular formula is C19H27Cl2IN4O2. The zero-order chi connectivity index (χ0) is 19.8. The van der Waals surface area contributed by atoms with Gasteiger partial charge in [-0.3, -0.25) is 4.99 Å². The van der Waals surface area contributed by atoms with E-state index in [0.29, 0.717) is 16.7 Å². The third-order valence-electron chi connectivity index (χ3n) is 4.26. The van der Waals surface area contributed by atoms with Crippen molar-refractivity contribution in [3.63, 3.8) is 0 Å². The van der Waals surface area contributed by atoms with Crippen LogP contribution in [0.5, 0.6) is 11.5 Å². The average Bonchev–Trinajstić information content (AvgIpc) is 2.93. The second-order valence-electron chi connectivity index (χ2n) is 5.98. The summed E-state index contributed by atoms with van der Waals surface area (Å²) in [5.74, 6) is 2.22. The molecule has 0 saturated heterocycles. The number of guanidine groups is 1. The number of halogens is 3. The van der Waals surface area contributed by atoms with Crippen molar-refractivity contribution >= 4 is 53.1 Å². The lowest BCUT2D eigenvalue weighted by molar-refractivity contribution is 0.354. The van der Waals surface area contributed by atoms with Gasteiger partial charge in [0, 0.05) is 26.3 Å². The standard InChI is InChI=1S/C19H26Cl2N4O2.HI/c1-22-19(24-12-14-11-15(20)18(21)25(14)2)23-9-5-6-13-7-8-16(26-3)17(10-13)27-4;/h7-8,10-11H,5-6,9,12H2,1-4H3,(H2,22,23,24);1H. The van der Waals surface area contributed by atoms with Crippen molar-refractivity contribution in [2.45, 2.75) is 19.4 Å². The van der Waals surface area contributed by atoms with E-state index < -0.39 is 0 Å². The Hall–Kier alpha value is -1.32. The molecule has 6 nitrogen and oxygen atoms in total. The number of nitrogens with one attached hydrogen (secondary N) is 2. The molecule has 1 aromatic carbocycles. The summed E-state index contributed by atoms with van der Waals surface area (Å²) >= 11 is 12.1. The summed E-state index contributed by atoms with van der Waals surface area (Å²) in [5.41, 5.74) is 2.18. The highest BCUT2D eigenvalue weighted by atomic mass is 127. The van der Waals surface area contributed by atoms with Crippen LogP contribution >= 0.6 is 47.2 Å². The molecule has 1 heterocycles. The van der Waals surface area contributed by atoms with Crippen LogP contribution in [0.1, 0.15) is 17.7 Å². The molecule has 9 heteroatoms. The lowest BCUT2D eigenvalue weighted by atomic mass is 10.1. The van der Waals surface area contributed by atoms with Crippen LogP contribution < -0.4 is 20.1 Å². The van der Waals surface area contributed by atoms with Gasteiger partial charge in [-0.2, -0.15) is 0 Å². The smallest absolute Gasteiger partial charge is 0.191 e. The van der Waals surface area contributed by atoms with Crippen molar-refractivity contribution in [1.29, 1.82) is 0 Å². The van der Waals surface area contributed by atoms with Gasteiger partial charge < -0.3 is 24.7 Å². The van der Waals surface area contributed by atoms with Crippen LogP contribution in [0.2, 0.25) is 10.2 Å². The van der Waals surface area contributed by atoms with Gasteiger partial charge in [0.05, 0.1) is 25.8 Å². The lowest BCUT2D eigenvalue weighted by Gasteiger charge is -2.13. The van der Waals surface area contributed by atoms with Crippen molar-refractivity contribution in [1.82, 2.24) is 15.2 Å². The Morgan fingerprint density at radius 2 is 1.82 bits per heavy atom. The summed E-state index contributed by atoms with van der Waals surface area (Å²) in [6.45, 7) is 1.38. The molecule has 0 aliphatic rings. The van der Waals surface area contributed by atoms with E-state index in [1.165, 1.54) is 5.56 Å². The summed E-state index contributed by atoms with van der Waals surface area (Å²) < 4.78 is 12.5. The van der Waals surface area contributed by atoms with Crippen molar-refractivity contribution in [3.8, 4) is 11.5 Å². The Morgan fingerprint density at radius 1 is 1.11 bits per heavy atom. The minimum absolute atomic E-state index is 0. The normalized spacial score (nSPS) is 11.0. The number of ether oxygens (including phenoxy) is 2. The number of aryl methyl sites for hydroxylation is 1. The summed E-state index contributed by atoms with van der Waals surface area (Å²) in [6, 6.07) is 7.84. The van der Waals surface area contributed by atoms with Crippen molar-refractivity contribution in [2.75, 3.05) is 27.8 Å². The van der Waals surface area contributed by atoms with E-state index in [1.54, 1.807) is 21.3 Å². The maximum Gasteiger partial charge on any atom is 0.191 e. The summed E-state index contributed by atoms with van der Waals surface area (Å²) in [5, 5.41) is 7.66. The van der Waals surface area contributed by atoms with Gasteiger partial charge in [-0.05, 0) is 36.6 Å². The van der Waals surface area contributed by atoms with Crippen LogP contribution in [0, 0.1) is 0 Å². The van der Waals surface area contributed by atoms with Gasteiger partial charge in [0.25, 0.3) is 0 Å². The Bertz CT molecular complexity index is 796. The van der Waals surface area contributed by atoms with Crippen LogP contribution in [-0.2, 0) is 20.0 Å². The monoisotopic (exact) mass is 540 g/mol. The van der Waals surface area contributed by atoms with Gasteiger partial charge in [-0.15, -0.1) is 24.0 Å². The van der Waals surface area contributed by atoms with Crippen LogP contribution in [0.3, 0.4) is 0 Å². The van der Waals surface area contributed by atoms with Crippen LogP contribution in [0.4, 0.5) is 0 Å². The second kappa shape index (κ2) is 12.3. The molecule has 0 unspecified atom stereocenters. The maximum absolute atomic E-state index is 6.09. The SMILES string of the molecule is CN=C(NCCCc1ccc(OC)c(OC)c1)NCc1cc(Cl)c(Cl)n1C.I. The first-order chi connectivity index (χ1) is 13.0. The minimum atomic E-state index is 0. The number of hydrogen-bond donors (Lipinski definition) is 2. The van der Waals surface area contributed by atoms with Crippen molar-refractivity contribution in [2.24, 2.45) is 12.0 Å². The number of hydrogen-bond acceptors (Lipinski definition) is 3. The van der Waals surface area contributed by atoms with Gasteiger partial charge in [0.15, 0.2) is 17.5 Å². The second-order valence-corrected chi connectivity index (χ2v) is 6.74. The zero-order valence-corrected chi connectivity index (χ0v) is 20.4. The molecule has 0 amide bonds. The lowest BCUT2D eigenvalue weighted by Crippen LogP contribution is -2.37. The minimum Gasteiger partial charge on any atom is -0.493 e. The number of aromatic nitrogens is 1. The molecule has 0 spiro atoms. The fourth-order valence-corrected chi connectivity index (χ4v) is 3.10. The quantitative estimate of drug-likeness (QED) is 0.227. The Kier molecular flexibility index (Phi) is 10.8. The largest absolute Gasteiger partial charge is 0.493 e. The highest BCUT2D eigenvalue weighted by Gasteiger charge is 2.09. The number of benzene rings is 1. The van der Waals surface area contributed by atoms with Gasteiger partial charge in [0.2, 0.25) is 0 Å².